The first-order valence-corrected chi connectivity index (χ1v) is 8.80. The average Bonchev–Trinajstić information content (AvgIpc) is 2.65. The minimum Gasteiger partial charge on any atom is -0.481 e. The number of aromatic nitrogens is 1. The lowest BCUT2D eigenvalue weighted by molar-refractivity contribution is 0.396. The SMILES string of the molecule is CCNC(=NCc1cccc(OC)n1)NC(C)CCc1ccccc1. The van der Waals surface area contributed by atoms with Crippen molar-refractivity contribution in [2.24, 2.45) is 4.99 Å². The summed E-state index contributed by atoms with van der Waals surface area (Å²) in [6.45, 7) is 5.58. The summed E-state index contributed by atoms with van der Waals surface area (Å²) >= 11 is 0. The van der Waals surface area contributed by atoms with E-state index < -0.39 is 0 Å². The van der Waals surface area contributed by atoms with Crippen molar-refractivity contribution in [1.29, 1.82) is 0 Å². The zero-order chi connectivity index (χ0) is 17.9. The fourth-order valence-corrected chi connectivity index (χ4v) is 2.47. The van der Waals surface area contributed by atoms with Crippen LogP contribution in [-0.4, -0.2) is 30.6 Å². The van der Waals surface area contributed by atoms with Crippen molar-refractivity contribution < 1.29 is 4.74 Å². The highest BCUT2D eigenvalue weighted by molar-refractivity contribution is 5.80. The van der Waals surface area contributed by atoms with Crippen molar-refractivity contribution in [2.45, 2.75) is 39.3 Å². The van der Waals surface area contributed by atoms with Gasteiger partial charge in [0.2, 0.25) is 5.88 Å². The lowest BCUT2D eigenvalue weighted by Crippen LogP contribution is -2.42. The van der Waals surface area contributed by atoms with E-state index in [4.69, 9.17) is 4.74 Å². The van der Waals surface area contributed by atoms with Crippen molar-refractivity contribution >= 4 is 5.96 Å². The highest BCUT2D eigenvalue weighted by Gasteiger charge is 2.06. The maximum atomic E-state index is 5.16. The van der Waals surface area contributed by atoms with Gasteiger partial charge in [-0.05, 0) is 38.3 Å². The second-order valence-corrected chi connectivity index (χ2v) is 5.94. The van der Waals surface area contributed by atoms with Crippen molar-refractivity contribution in [3.8, 4) is 5.88 Å². The topological polar surface area (TPSA) is 58.5 Å². The van der Waals surface area contributed by atoms with Crippen LogP contribution in [0.5, 0.6) is 5.88 Å². The molecule has 0 aliphatic heterocycles. The number of pyridine rings is 1. The summed E-state index contributed by atoms with van der Waals surface area (Å²) in [6, 6.07) is 16.6. The minimum atomic E-state index is 0.330. The molecule has 0 aliphatic carbocycles. The molecule has 1 heterocycles. The van der Waals surface area contributed by atoms with Gasteiger partial charge < -0.3 is 15.4 Å². The zero-order valence-corrected chi connectivity index (χ0v) is 15.3. The monoisotopic (exact) mass is 340 g/mol. The molecule has 0 fully saturated rings. The van der Waals surface area contributed by atoms with Crippen LogP contribution in [0.4, 0.5) is 0 Å². The predicted octanol–water partition coefficient (Wildman–Crippen LogP) is 3.17. The molecule has 134 valence electrons. The normalized spacial score (nSPS) is 12.5. The minimum absolute atomic E-state index is 0.330. The first-order chi connectivity index (χ1) is 12.2. The third-order valence-corrected chi connectivity index (χ3v) is 3.83. The van der Waals surface area contributed by atoms with Gasteiger partial charge >= 0.3 is 0 Å². The lowest BCUT2D eigenvalue weighted by atomic mass is 10.1. The Kier molecular flexibility index (Phi) is 7.76. The standard InChI is InChI=1S/C20H28N4O/c1-4-21-20(22-15-18-11-8-12-19(24-18)25-3)23-16(2)13-14-17-9-6-5-7-10-17/h5-12,16H,4,13-15H2,1-3H3,(H2,21,22,23). The maximum Gasteiger partial charge on any atom is 0.213 e. The molecular weight excluding hydrogens is 312 g/mol. The van der Waals surface area contributed by atoms with Gasteiger partial charge in [0.05, 0.1) is 19.3 Å². The molecule has 0 radical (unpaired) electrons. The van der Waals surface area contributed by atoms with Crippen molar-refractivity contribution in [3.63, 3.8) is 0 Å². The average molecular weight is 340 g/mol. The van der Waals surface area contributed by atoms with Crippen LogP contribution in [0.15, 0.2) is 53.5 Å². The number of aliphatic imine (C=N–C) groups is 1. The molecule has 1 atom stereocenters. The Morgan fingerprint density at radius 2 is 1.96 bits per heavy atom. The van der Waals surface area contributed by atoms with Gasteiger partial charge in [-0.15, -0.1) is 0 Å². The smallest absolute Gasteiger partial charge is 0.213 e. The van der Waals surface area contributed by atoms with E-state index in [2.05, 4.69) is 58.7 Å². The molecule has 1 aromatic carbocycles. The highest BCUT2D eigenvalue weighted by Crippen LogP contribution is 2.08. The highest BCUT2D eigenvalue weighted by atomic mass is 16.5. The molecule has 5 heteroatoms. The number of nitrogens with zero attached hydrogens (tertiary/aromatic N) is 2. The molecule has 1 unspecified atom stereocenters. The summed E-state index contributed by atoms with van der Waals surface area (Å²) in [5.74, 6) is 1.43. The molecule has 2 rings (SSSR count). The van der Waals surface area contributed by atoms with Gasteiger partial charge in [0, 0.05) is 18.7 Å². The van der Waals surface area contributed by atoms with Crippen LogP contribution in [0.3, 0.4) is 0 Å². The third kappa shape index (κ3) is 6.83. The number of nitrogens with one attached hydrogen (secondary N) is 2. The van der Waals surface area contributed by atoms with Crippen LogP contribution < -0.4 is 15.4 Å². The molecule has 0 spiro atoms. The number of benzene rings is 1. The molecule has 0 aliphatic rings. The number of methoxy groups -OCH3 is 1. The molecule has 25 heavy (non-hydrogen) atoms. The number of hydrogen-bond acceptors (Lipinski definition) is 3. The Morgan fingerprint density at radius 3 is 2.68 bits per heavy atom. The van der Waals surface area contributed by atoms with Gasteiger partial charge in [-0.1, -0.05) is 36.4 Å². The number of guanidine groups is 1. The van der Waals surface area contributed by atoms with Crippen LogP contribution in [0.1, 0.15) is 31.5 Å². The van der Waals surface area contributed by atoms with E-state index in [1.54, 1.807) is 7.11 Å². The van der Waals surface area contributed by atoms with Crippen LogP contribution in [0.25, 0.3) is 0 Å². The number of aryl methyl sites for hydroxylation is 1. The van der Waals surface area contributed by atoms with E-state index in [-0.39, 0.29) is 0 Å². The van der Waals surface area contributed by atoms with Gasteiger partial charge in [-0.25, -0.2) is 9.98 Å². The van der Waals surface area contributed by atoms with Crippen LogP contribution in [0, 0.1) is 0 Å². The van der Waals surface area contributed by atoms with Crippen molar-refractivity contribution in [3.05, 3.63) is 59.8 Å². The zero-order valence-electron chi connectivity index (χ0n) is 15.3. The van der Waals surface area contributed by atoms with Crippen LogP contribution >= 0.6 is 0 Å². The molecule has 0 amide bonds. The van der Waals surface area contributed by atoms with Crippen molar-refractivity contribution in [1.82, 2.24) is 15.6 Å². The fraction of sp³-hybridized carbons (Fsp3) is 0.400. The molecule has 2 aromatic rings. The van der Waals surface area contributed by atoms with Gasteiger partial charge in [0.1, 0.15) is 0 Å². The molecule has 5 nitrogen and oxygen atoms in total. The molecule has 0 saturated carbocycles. The Balaban J connectivity index is 1.89. The van der Waals surface area contributed by atoms with E-state index in [1.807, 2.05) is 24.3 Å². The van der Waals surface area contributed by atoms with Gasteiger partial charge in [0.25, 0.3) is 0 Å². The number of hydrogen-bond donors (Lipinski definition) is 2. The van der Waals surface area contributed by atoms with Crippen LogP contribution in [-0.2, 0) is 13.0 Å². The second kappa shape index (κ2) is 10.3. The number of ether oxygens (including phenoxy) is 1. The molecule has 0 saturated heterocycles. The fourth-order valence-electron chi connectivity index (χ4n) is 2.47. The third-order valence-electron chi connectivity index (χ3n) is 3.83. The summed E-state index contributed by atoms with van der Waals surface area (Å²) in [5.41, 5.74) is 2.24. The summed E-state index contributed by atoms with van der Waals surface area (Å²) in [7, 11) is 1.62. The van der Waals surface area contributed by atoms with E-state index in [0.717, 1.165) is 31.0 Å². The first kappa shape index (κ1) is 18.8. The number of rotatable bonds is 8. The summed E-state index contributed by atoms with van der Waals surface area (Å²) in [4.78, 5) is 9.02. The van der Waals surface area contributed by atoms with E-state index in [9.17, 15) is 0 Å². The van der Waals surface area contributed by atoms with Crippen molar-refractivity contribution in [2.75, 3.05) is 13.7 Å². The largest absolute Gasteiger partial charge is 0.481 e. The van der Waals surface area contributed by atoms with E-state index >= 15 is 0 Å². The van der Waals surface area contributed by atoms with Crippen LogP contribution in [0.2, 0.25) is 0 Å². The van der Waals surface area contributed by atoms with E-state index in [0.29, 0.717) is 18.5 Å². The predicted molar refractivity (Wildman–Crippen MR) is 103 cm³/mol. The first-order valence-electron chi connectivity index (χ1n) is 8.80. The maximum absolute atomic E-state index is 5.16. The Bertz CT molecular complexity index is 658. The Hall–Kier alpha value is -2.56. The lowest BCUT2D eigenvalue weighted by Gasteiger charge is -2.18. The molecule has 2 N–H and O–H groups in total. The summed E-state index contributed by atoms with van der Waals surface area (Å²) in [6.07, 6.45) is 2.09. The second-order valence-electron chi connectivity index (χ2n) is 5.94. The molecule has 0 bridgehead atoms. The van der Waals surface area contributed by atoms with Gasteiger partial charge in [-0.3, -0.25) is 0 Å². The quantitative estimate of drug-likeness (QED) is 0.572. The Labute approximate surface area is 150 Å². The van der Waals surface area contributed by atoms with E-state index in [1.165, 1.54) is 5.56 Å². The Morgan fingerprint density at radius 1 is 1.16 bits per heavy atom. The van der Waals surface area contributed by atoms with Gasteiger partial charge in [-0.2, -0.15) is 0 Å². The summed E-state index contributed by atoms with van der Waals surface area (Å²) in [5, 5.41) is 6.76. The summed E-state index contributed by atoms with van der Waals surface area (Å²) < 4.78 is 5.16. The van der Waals surface area contributed by atoms with Gasteiger partial charge in [0.15, 0.2) is 5.96 Å². The molecule has 1 aromatic heterocycles. The molecular formula is C20H28N4O.